The van der Waals surface area contributed by atoms with Crippen molar-refractivity contribution in [2.45, 2.75) is 83.5 Å². The van der Waals surface area contributed by atoms with Crippen molar-refractivity contribution in [2.24, 2.45) is 5.92 Å². The van der Waals surface area contributed by atoms with E-state index in [0.29, 0.717) is 25.1 Å². The second-order valence-corrected chi connectivity index (χ2v) is 9.49. The zero-order valence-electron chi connectivity index (χ0n) is 18.8. The van der Waals surface area contributed by atoms with Crippen LogP contribution in [0.15, 0.2) is 18.2 Å². The van der Waals surface area contributed by atoms with E-state index in [2.05, 4.69) is 22.9 Å². The van der Waals surface area contributed by atoms with E-state index in [1.807, 2.05) is 12.1 Å². The molecule has 8 heteroatoms. The van der Waals surface area contributed by atoms with Crippen LogP contribution in [0.5, 0.6) is 0 Å². The van der Waals surface area contributed by atoms with Crippen LogP contribution in [-0.4, -0.2) is 40.2 Å². The average Bonchev–Trinajstić information content (AvgIpc) is 3.12. The Morgan fingerprint density at radius 1 is 1.19 bits per heavy atom. The molecule has 0 aromatic heterocycles. The molecule has 1 aromatic rings. The zero-order chi connectivity index (χ0) is 22.9. The van der Waals surface area contributed by atoms with Crippen molar-refractivity contribution in [2.75, 3.05) is 0 Å². The maximum absolute atomic E-state index is 13.0. The molecule has 2 fully saturated rings. The predicted molar refractivity (Wildman–Crippen MR) is 119 cm³/mol. The van der Waals surface area contributed by atoms with Crippen molar-refractivity contribution in [3.63, 3.8) is 0 Å². The van der Waals surface area contributed by atoms with E-state index in [0.717, 1.165) is 29.9 Å². The van der Waals surface area contributed by atoms with Gasteiger partial charge >= 0.3 is 6.03 Å². The van der Waals surface area contributed by atoms with Crippen molar-refractivity contribution in [1.82, 2.24) is 20.9 Å². The van der Waals surface area contributed by atoms with E-state index in [1.165, 1.54) is 19.3 Å². The smallest absolute Gasteiger partial charge is 0.315 e. The molecule has 1 saturated carbocycles. The largest absolute Gasteiger partial charge is 0.335 e. The Bertz CT molecular complexity index is 938. The van der Waals surface area contributed by atoms with Gasteiger partial charge < -0.3 is 15.5 Å². The van der Waals surface area contributed by atoms with Gasteiger partial charge in [0.25, 0.3) is 11.8 Å². The third-order valence-electron chi connectivity index (χ3n) is 7.36. The maximum Gasteiger partial charge on any atom is 0.315 e. The molecule has 32 heavy (non-hydrogen) atoms. The summed E-state index contributed by atoms with van der Waals surface area (Å²) in [4.78, 5) is 50.8. The maximum atomic E-state index is 13.0. The van der Waals surface area contributed by atoms with Gasteiger partial charge in [-0.05, 0) is 62.1 Å². The molecule has 8 nitrogen and oxygen atoms in total. The standard InChI is InChI=1S/C24H32N4O4/c1-3-15-4-7-18(8-5-15)26-23(32)25-13-16-6-9-19-17(12-16)14-28(21(19)30)24(2)11-10-20(29)27-22(24)31/h6,9,12,15,18H,3-5,7-8,10-11,13-14H2,1-2H3,(H2,25,26,32)(H,27,29,31). The Labute approximate surface area is 188 Å². The topological polar surface area (TPSA) is 108 Å². The van der Waals surface area contributed by atoms with E-state index < -0.39 is 11.4 Å². The summed E-state index contributed by atoms with van der Waals surface area (Å²) in [5.41, 5.74) is 1.26. The number of hydrogen-bond donors (Lipinski definition) is 3. The summed E-state index contributed by atoms with van der Waals surface area (Å²) in [5.74, 6) is -0.151. The Morgan fingerprint density at radius 2 is 1.94 bits per heavy atom. The third-order valence-corrected chi connectivity index (χ3v) is 7.36. The molecule has 0 spiro atoms. The molecule has 1 unspecified atom stereocenters. The summed E-state index contributed by atoms with van der Waals surface area (Å²) in [6.45, 7) is 4.61. The van der Waals surface area contributed by atoms with Crippen molar-refractivity contribution in [1.29, 1.82) is 0 Å². The van der Waals surface area contributed by atoms with Crippen LogP contribution in [0.25, 0.3) is 0 Å². The summed E-state index contributed by atoms with van der Waals surface area (Å²) in [5, 5.41) is 8.34. The molecule has 1 aromatic carbocycles. The minimum absolute atomic E-state index is 0.167. The van der Waals surface area contributed by atoms with Crippen LogP contribution < -0.4 is 16.0 Å². The van der Waals surface area contributed by atoms with Crippen molar-refractivity contribution in [3.8, 4) is 0 Å². The van der Waals surface area contributed by atoms with E-state index >= 15 is 0 Å². The molecule has 172 valence electrons. The summed E-state index contributed by atoms with van der Waals surface area (Å²) in [7, 11) is 0. The highest BCUT2D eigenvalue weighted by Crippen LogP contribution is 2.34. The Balaban J connectivity index is 1.34. The van der Waals surface area contributed by atoms with Crippen LogP contribution in [0.3, 0.4) is 0 Å². The number of benzene rings is 1. The fourth-order valence-corrected chi connectivity index (χ4v) is 5.07. The fourth-order valence-electron chi connectivity index (χ4n) is 5.07. The Morgan fingerprint density at radius 3 is 2.62 bits per heavy atom. The first-order valence-corrected chi connectivity index (χ1v) is 11.6. The third kappa shape index (κ3) is 4.36. The van der Waals surface area contributed by atoms with Crippen LogP contribution in [0.1, 0.15) is 80.3 Å². The minimum Gasteiger partial charge on any atom is -0.335 e. The zero-order valence-corrected chi connectivity index (χ0v) is 18.8. The second-order valence-electron chi connectivity index (χ2n) is 9.49. The highest BCUT2D eigenvalue weighted by molar-refractivity contribution is 6.07. The van der Waals surface area contributed by atoms with Crippen molar-refractivity contribution >= 4 is 23.8 Å². The number of urea groups is 1. The van der Waals surface area contributed by atoms with Crippen molar-refractivity contribution < 1.29 is 19.2 Å². The van der Waals surface area contributed by atoms with Gasteiger partial charge in [-0.15, -0.1) is 0 Å². The van der Waals surface area contributed by atoms with Gasteiger partial charge in [-0.2, -0.15) is 0 Å². The highest BCUT2D eigenvalue weighted by Gasteiger charge is 2.48. The van der Waals surface area contributed by atoms with Gasteiger partial charge in [0.15, 0.2) is 0 Å². The van der Waals surface area contributed by atoms with E-state index in [-0.39, 0.29) is 30.3 Å². The summed E-state index contributed by atoms with van der Waals surface area (Å²) >= 11 is 0. The van der Waals surface area contributed by atoms with Gasteiger partial charge in [0.1, 0.15) is 5.54 Å². The number of piperidine rings is 1. The quantitative estimate of drug-likeness (QED) is 0.612. The normalized spacial score (nSPS) is 27.7. The number of hydrogen-bond acceptors (Lipinski definition) is 4. The molecule has 2 aliphatic heterocycles. The van der Waals surface area contributed by atoms with Crippen LogP contribution in [0, 0.1) is 5.92 Å². The SMILES string of the molecule is CCC1CCC(NC(=O)NCc2ccc3c(c2)CN(C2(C)CCC(=O)NC2=O)C3=O)CC1. The number of rotatable bonds is 5. The fraction of sp³-hybridized carbons (Fsp3) is 0.583. The molecule has 0 bridgehead atoms. The molecule has 5 amide bonds. The molecule has 2 heterocycles. The monoisotopic (exact) mass is 440 g/mol. The molecule has 3 N–H and O–H groups in total. The first-order valence-electron chi connectivity index (χ1n) is 11.6. The number of nitrogens with zero attached hydrogens (tertiary/aromatic N) is 1. The molecular formula is C24H32N4O4. The number of carbonyl (C=O) groups excluding carboxylic acids is 4. The molecule has 0 radical (unpaired) electrons. The number of nitrogens with one attached hydrogen (secondary N) is 3. The van der Waals surface area contributed by atoms with Crippen molar-refractivity contribution in [3.05, 3.63) is 34.9 Å². The van der Waals surface area contributed by atoms with E-state index in [9.17, 15) is 19.2 Å². The van der Waals surface area contributed by atoms with Crippen LogP contribution in [0.4, 0.5) is 4.79 Å². The predicted octanol–water partition coefficient (Wildman–Crippen LogP) is 2.61. The van der Waals surface area contributed by atoms with Gasteiger partial charge in [-0.3, -0.25) is 19.7 Å². The van der Waals surface area contributed by atoms with Gasteiger partial charge in [0.05, 0.1) is 0 Å². The first-order chi connectivity index (χ1) is 15.3. The lowest BCUT2D eigenvalue weighted by atomic mass is 9.85. The summed E-state index contributed by atoms with van der Waals surface area (Å²) in [6, 6.07) is 5.57. The minimum atomic E-state index is -1.04. The number of amides is 5. The van der Waals surface area contributed by atoms with Gasteiger partial charge in [-0.1, -0.05) is 25.5 Å². The molecular weight excluding hydrogens is 408 g/mol. The van der Waals surface area contributed by atoms with Gasteiger partial charge in [0.2, 0.25) is 5.91 Å². The molecule has 1 aliphatic carbocycles. The van der Waals surface area contributed by atoms with Crippen LogP contribution >= 0.6 is 0 Å². The van der Waals surface area contributed by atoms with E-state index in [4.69, 9.17) is 0 Å². The van der Waals surface area contributed by atoms with Gasteiger partial charge in [0, 0.05) is 31.1 Å². The Kier molecular flexibility index (Phi) is 6.22. The molecule has 1 atom stereocenters. The lowest BCUT2D eigenvalue weighted by molar-refractivity contribution is -0.142. The van der Waals surface area contributed by atoms with Crippen LogP contribution in [-0.2, 0) is 22.7 Å². The summed E-state index contributed by atoms with van der Waals surface area (Å²) in [6.07, 6.45) is 6.13. The second kappa shape index (κ2) is 8.92. The molecule has 1 saturated heterocycles. The van der Waals surface area contributed by atoms with Gasteiger partial charge in [-0.25, -0.2) is 4.79 Å². The highest BCUT2D eigenvalue weighted by atomic mass is 16.2. The number of fused-ring (bicyclic) bond motifs is 1. The Hall–Kier alpha value is -2.90. The summed E-state index contributed by atoms with van der Waals surface area (Å²) < 4.78 is 0. The lowest BCUT2D eigenvalue weighted by Crippen LogP contribution is -2.61. The average molecular weight is 441 g/mol. The first kappa shape index (κ1) is 22.3. The number of carbonyl (C=O) groups is 4. The van der Waals surface area contributed by atoms with Crippen LogP contribution in [0.2, 0.25) is 0 Å². The molecule has 4 rings (SSSR count). The molecule has 3 aliphatic rings. The number of imide groups is 1. The van der Waals surface area contributed by atoms with E-state index in [1.54, 1.807) is 17.9 Å². The lowest BCUT2D eigenvalue weighted by Gasteiger charge is -2.39.